The summed E-state index contributed by atoms with van der Waals surface area (Å²) in [6, 6.07) is 3.51. The van der Waals surface area contributed by atoms with Crippen LogP contribution in [0.15, 0.2) is 27.6 Å². The number of sulfonamides is 1. The third kappa shape index (κ3) is 3.25. The number of aromatic carboxylic acids is 1. The molecule has 0 fully saturated rings. The second-order valence-electron chi connectivity index (χ2n) is 4.84. The van der Waals surface area contributed by atoms with Gasteiger partial charge in [0.05, 0.1) is 10.5 Å². The van der Waals surface area contributed by atoms with Crippen molar-refractivity contribution in [3.63, 3.8) is 0 Å². The molecule has 7 nitrogen and oxygen atoms in total. The van der Waals surface area contributed by atoms with Crippen molar-refractivity contribution in [2.75, 3.05) is 7.05 Å². The number of carbonyl (C=O) groups is 2. The normalized spacial score (nSPS) is 12.4. The Morgan fingerprint density at radius 1 is 1.33 bits per heavy atom. The molecular formula is C12H15BrN2O5S. The minimum absolute atomic E-state index is 0.0641. The Labute approximate surface area is 130 Å². The smallest absolute Gasteiger partial charge is 0.336 e. The topological polar surface area (TPSA) is 118 Å². The van der Waals surface area contributed by atoms with Gasteiger partial charge in [0.25, 0.3) is 0 Å². The first kappa shape index (κ1) is 17.6. The van der Waals surface area contributed by atoms with E-state index < -0.39 is 27.4 Å². The molecule has 0 saturated carbocycles. The summed E-state index contributed by atoms with van der Waals surface area (Å²) in [6.45, 7) is 2.76. The lowest BCUT2D eigenvalue weighted by atomic mass is 10.1. The van der Waals surface area contributed by atoms with Gasteiger partial charge < -0.3 is 10.8 Å². The average molecular weight is 379 g/mol. The fourth-order valence-electron chi connectivity index (χ4n) is 1.44. The van der Waals surface area contributed by atoms with Crippen LogP contribution in [0.2, 0.25) is 0 Å². The highest BCUT2D eigenvalue weighted by molar-refractivity contribution is 9.10. The van der Waals surface area contributed by atoms with E-state index in [1.165, 1.54) is 33.0 Å². The Bertz CT molecular complexity index is 700. The standard InChI is InChI=1S/C12H15BrN2O5S/c1-12(2,11(14)18)15(3)21(19,20)7-4-5-8(10(16)17)9(13)6-7/h4-6H,1-3H3,(H2,14,18)(H,16,17). The molecule has 0 aliphatic carbocycles. The molecule has 1 amide bonds. The number of nitrogens with zero attached hydrogens (tertiary/aromatic N) is 1. The number of nitrogens with two attached hydrogens (primary N) is 1. The lowest BCUT2D eigenvalue weighted by Crippen LogP contribution is -2.53. The molecular weight excluding hydrogens is 364 g/mol. The van der Waals surface area contributed by atoms with Crippen LogP contribution >= 0.6 is 15.9 Å². The molecule has 0 radical (unpaired) electrons. The number of halogens is 1. The number of hydrogen-bond acceptors (Lipinski definition) is 4. The summed E-state index contributed by atoms with van der Waals surface area (Å²) >= 11 is 3.01. The first-order valence-electron chi connectivity index (χ1n) is 5.74. The van der Waals surface area contributed by atoms with Crippen molar-refractivity contribution in [1.29, 1.82) is 0 Å². The molecule has 21 heavy (non-hydrogen) atoms. The number of hydrogen-bond donors (Lipinski definition) is 2. The van der Waals surface area contributed by atoms with Crippen molar-refractivity contribution in [3.05, 3.63) is 28.2 Å². The molecule has 0 saturated heterocycles. The Morgan fingerprint density at radius 3 is 2.24 bits per heavy atom. The lowest BCUT2D eigenvalue weighted by molar-refractivity contribution is -0.125. The molecule has 1 rings (SSSR count). The first-order chi connectivity index (χ1) is 9.42. The van der Waals surface area contributed by atoms with E-state index in [9.17, 15) is 18.0 Å². The van der Waals surface area contributed by atoms with E-state index in [0.717, 1.165) is 10.4 Å². The van der Waals surface area contributed by atoms with E-state index in [4.69, 9.17) is 10.8 Å². The Kier molecular flexibility index (Phi) is 4.81. The van der Waals surface area contributed by atoms with Crippen LogP contribution in [0.1, 0.15) is 24.2 Å². The molecule has 0 heterocycles. The van der Waals surface area contributed by atoms with Crippen LogP contribution in [0, 0.1) is 0 Å². The number of primary amides is 1. The summed E-state index contributed by atoms with van der Waals surface area (Å²) in [5, 5.41) is 8.92. The quantitative estimate of drug-likeness (QED) is 0.792. The van der Waals surface area contributed by atoms with E-state index in [-0.39, 0.29) is 14.9 Å². The second kappa shape index (κ2) is 5.74. The number of rotatable bonds is 5. The molecule has 0 aliphatic heterocycles. The van der Waals surface area contributed by atoms with Gasteiger partial charge in [-0.2, -0.15) is 4.31 Å². The van der Waals surface area contributed by atoms with Crippen LogP contribution < -0.4 is 5.73 Å². The molecule has 0 aliphatic rings. The number of likely N-dealkylation sites (N-methyl/N-ethyl adjacent to an activating group) is 1. The Balaban J connectivity index is 3.36. The molecule has 0 aromatic heterocycles. The van der Waals surface area contributed by atoms with Crippen LogP contribution in [0.25, 0.3) is 0 Å². The van der Waals surface area contributed by atoms with Crippen LogP contribution in [0.3, 0.4) is 0 Å². The van der Waals surface area contributed by atoms with E-state index in [0.29, 0.717) is 0 Å². The molecule has 0 spiro atoms. The molecule has 116 valence electrons. The van der Waals surface area contributed by atoms with Crippen LogP contribution in [-0.4, -0.2) is 42.3 Å². The minimum Gasteiger partial charge on any atom is -0.478 e. The van der Waals surface area contributed by atoms with Crippen LogP contribution in [-0.2, 0) is 14.8 Å². The zero-order valence-corrected chi connectivity index (χ0v) is 14.0. The maximum absolute atomic E-state index is 12.5. The van der Waals surface area contributed by atoms with Crippen molar-refractivity contribution < 1.29 is 23.1 Å². The summed E-state index contributed by atoms with van der Waals surface area (Å²) in [6.07, 6.45) is 0. The highest BCUT2D eigenvalue weighted by atomic mass is 79.9. The molecule has 0 unspecified atom stereocenters. The summed E-state index contributed by atoms with van der Waals surface area (Å²) in [4.78, 5) is 22.2. The van der Waals surface area contributed by atoms with Crippen molar-refractivity contribution >= 4 is 37.8 Å². The Morgan fingerprint density at radius 2 is 1.86 bits per heavy atom. The second-order valence-corrected chi connectivity index (χ2v) is 7.67. The predicted molar refractivity (Wildman–Crippen MR) is 79.3 cm³/mol. The van der Waals surface area contributed by atoms with Crippen molar-refractivity contribution in [2.24, 2.45) is 5.73 Å². The monoisotopic (exact) mass is 378 g/mol. The van der Waals surface area contributed by atoms with Gasteiger partial charge in [-0.25, -0.2) is 13.2 Å². The molecule has 0 bridgehead atoms. The number of carbonyl (C=O) groups excluding carboxylic acids is 1. The molecule has 3 N–H and O–H groups in total. The average Bonchev–Trinajstić information content (AvgIpc) is 2.36. The van der Waals surface area contributed by atoms with Crippen LogP contribution in [0.4, 0.5) is 0 Å². The molecule has 9 heteroatoms. The number of carboxylic acids is 1. The molecule has 1 aromatic carbocycles. The SMILES string of the molecule is CN(C(C)(C)C(N)=O)S(=O)(=O)c1ccc(C(=O)O)c(Br)c1. The summed E-state index contributed by atoms with van der Waals surface area (Å²) in [5.41, 5.74) is 3.72. The third-order valence-electron chi connectivity index (χ3n) is 3.22. The molecule has 1 aromatic rings. The zero-order valence-electron chi connectivity index (χ0n) is 11.6. The van der Waals surface area contributed by atoms with Crippen LogP contribution in [0.5, 0.6) is 0 Å². The summed E-state index contributed by atoms with van der Waals surface area (Å²) in [7, 11) is -2.76. The number of carboxylic acid groups (broad SMARTS) is 1. The van der Waals surface area contributed by atoms with Gasteiger partial charge in [-0.15, -0.1) is 0 Å². The van der Waals surface area contributed by atoms with Gasteiger partial charge in [0, 0.05) is 11.5 Å². The first-order valence-corrected chi connectivity index (χ1v) is 7.97. The maximum Gasteiger partial charge on any atom is 0.336 e. The van der Waals surface area contributed by atoms with E-state index in [1.54, 1.807) is 0 Å². The number of amides is 1. The minimum atomic E-state index is -4.00. The Hall–Kier alpha value is -1.45. The zero-order chi connectivity index (χ0) is 16.6. The van der Waals surface area contributed by atoms with Gasteiger partial charge in [-0.05, 0) is 48.0 Å². The predicted octanol–water partition coefficient (Wildman–Crippen LogP) is 1.03. The molecule has 0 atom stereocenters. The van der Waals surface area contributed by atoms with Crippen molar-refractivity contribution in [2.45, 2.75) is 24.3 Å². The van der Waals surface area contributed by atoms with Gasteiger partial charge in [-0.1, -0.05) is 0 Å². The summed E-state index contributed by atoms with van der Waals surface area (Å²) < 4.78 is 25.9. The van der Waals surface area contributed by atoms with Gasteiger partial charge in [0.15, 0.2) is 0 Å². The fourth-order valence-corrected chi connectivity index (χ4v) is 3.66. The van der Waals surface area contributed by atoms with Gasteiger partial charge >= 0.3 is 5.97 Å². The maximum atomic E-state index is 12.5. The van der Waals surface area contributed by atoms with E-state index in [1.807, 2.05) is 0 Å². The van der Waals surface area contributed by atoms with E-state index in [2.05, 4.69) is 15.9 Å². The largest absolute Gasteiger partial charge is 0.478 e. The number of benzene rings is 1. The summed E-state index contributed by atoms with van der Waals surface area (Å²) in [5.74, 6) is -1.98. The fraction of sp³-hybridized carbons (Fsp3) is 0.333. The lowest BCUT2D eigenvalue weighted by Gasteiger charge is -2.31. The van der Waals surface area contributed by atoms with Gasteiger partial charge in [0.2, 0.25) is 15.9 Å². The highest BCUT2D eigenvalue weighted by Crippen LogP contribution is 2.26. The third-order valence-corrected chi connectivity index (χ3v) is 5.90. The van der Waals surface area contributed by atoms with Gasteiger partial charge in [0.1, 0.15) is 5.54 Å². The van der Waals surface area contributed by atoms with Crippen molar-refractivity contribution in [1.82, 2.24) is 4.31 Å². The highest BCUT2D eigenvalue weighted by Gasteiger charge is 2.38. The van der Waals surface area contributed by atoms with Gasteiger partial charge in [-0.3, -0.25) is 4.79 Å². The van der Waals surface area contributed by atoms with E-state index >= 15 is 0 Å². The van der Waals surface area contributed by atoms with Crippen molar-refractivity contribution in [3.8, 4) is 0 Å².